The molecule has 0 saturated heterocycles. The summed E-state index contributed by atoms with van der Waals surface area (Å²) in [6.45, 7) is 14.1. The summed E-state index contributed by atoms with van der Waals surface area (Å²) in [5, 5.41) is 45.5. The number of alkyl halides is 2. The zero-order chi connectivity index (χ0) is 59.9. The van der Waals surface area contributed by atoms with Gasteiger partial charge in [0.15, 0.2) is 11.5 Å². The average Bonchev–Trinajstić information content (AvgIpc) is 2.56. The number of aromatic carboxylic acids is 2. The minimum atomic E-state index is -3.72. The summed E-state index contributed by atoms with van der Waals surface area (Å²) in [5.74, 6) is -2.46. The third-order valence-corrected chi connectivity index (χ3v) is 14.4. The Hall–Kier alpha value is -9.68. The predicted molar refractivity (Wildman–Crippen MR) is 312 cm³/mol. The number of aromatic nitrogens is 3. The standard InChI is InChI=1S/C24H18F2N2O5.C24H28N2O3.C16H10ClNO3/c1-13-5-8-19(27-20(13)14-3-2-4-15(11-14)21(29)30)28-22(31)23(9-10-23)16-6-7-17-18(12-16)33-24(25,26)32-17;1-23(2,3)16-11-17(24(4,5)6)20(27)12-19(16)26-22(29)15-13-25-18-10-8-7-9-14(18)21(15)28;17-13-8-10(16(20)21)1-4-12(13)15-5-2-9-7-11(19)3-6-14(9)18-15/h2-8,11-12H,9-10H2,1H3,(H,29,30)(H,27,28,31);7-13,27H,1-6H3,(H,25,28)(H,26,29);1-8,19H,(H,20,21). The highest BCUT2D eigenvalue weighted by atomic mass is 35.5. The van der Waals surface area contributed by atoms with E-state index in [4.69, 9.17) is 16.7 Å². The highest BCUT2D eigenvalue weighted by Crippen LogP contribution is 2.52. The monoisotopic (exact) mass is 1140 g/mol. The van der Waals surface area contributed by atoms with Gasteiger partial charge in [-0.05, 0) is 138 Å². The number of pyridine rings is 3. The number of amides is 2. The SMILES string of the molecule is CC(C)(C)c1cc(C(C)(C)C)c(NC(=O)c2c[nH]c3ccccc3c2=O)cc1O.Cc1ccc(NC(=O)C2(c3ccc4c(c3)OC(F)(F)O4)CC2)nc1-c1cccc(C(=O)O)c1.O=C(O)c1ccc(-c2ccc3cc(O)ccc3n2)c(Cl)c1. The van der Waals surface area contributed by atoms with Gasteiger partial charge in [0.1, 0.15) is 22.9 Å². The first-order valence-electron chi connectivity index (χ1n) is 26.1. The van der Waals surface area contributed by atoms with Crippen LogP contribution in [-0.4, -0.2) is 65.4 Å². The molecule has 2 amide bonds. The van der Waals surface area contributed by atoms with Crippen LogP contribution in [0.5, 0.6) is 23.0 Å². The molecule has 9 aromatic rings. The summed E-state index contributed by atoms with van der Waals surface area (Å²) >= 11 is 6.14. The first kappa shape index (κ1) is 58.0. The van der Waals surface area contributed by atoms with Crippen LogP contribution in [0.1, 0.15) is 108 Å². The number of fused-ring (bicyclic) bond motifs is 3. The molecule has 424 valence electrons. The number of phenolic OH excluding ortho intramolecular Hbond substituents is 2. The minimum absolute atomic E-state index is 0.0305. The van der Waals surface area contributed by atoms with Crippen molar-refractivity contribution in [2.24, 2.45) is 0 Å². The van der Waals surface area contributed by atoms with Gasteiger partial charge in [0.25, 0.3) is 5.91 Å². The Morgan fingerprint density at radius 2 is 1.40 bits per heavy atom. The first-order valence-corrected chi connectivity index (χ1v) is 26.4. The van der Waals surface area contributed by atoms with Crippen molar-refractivity contribution in [2.75, 3.05) is 10.6 Å². The second kappa shape index (κ2) is 22.3. The van der Waals surface area contributed by atoms with Crippen LogP contribution in [0.15, 0.2) is 151 Å². The van der Waals surface area contributed by atoms with Gasteiger partial charge in [-0.25, -0.2) is 19.6 Å². The molecule has 2 aliphatic rings. The molecule has 0 unspecified atom stereocenters. The van der Waals surface area contributed by atoms with Gasteiger partial charge in [0.2, 0.25) is 11.3 Å². The van der Waals surface area contributed by atoms with Crippen LogP contribution >= 0.6 is 11.6 Å². The lowest BCUT2D eigenvalue weighted by Gasteiger charge is -2.28. The highest BCUT2D eigenvalue weighted by molar-refractivity contribution is 6.33. The molecule has 0 spiro atoms. The molecule has 1 fully saturated rings. The smallest absolute Gasteiger partial charge is 0.508 e. The number of aryl methyl sites for hydroxylation is 1. The van der Waals surface area contributed by atoms with Gasteiger partial charge < -0.3 is 45.5 Å². The molecule has 0 bridgehead atoms. The molecular formula is C64H56ClF2N5O11. The van der Waals surface area contributed by atoms with Gasteiger partial charge in [-0.1, -0.05) is 102 Å². The molecule has 0 radical (unpaired) electrons. The zero-order valence-electron chi connectivity index (χ0n) is 45.9. The molecule has 4 heterocycles. The van der Waals surface area contributed by atoms with Crippen molar-refractivity contribution in [3.63, 3.8) is 0 Å². The van der Waals surface area contributed by atoms with Crippen molar-refractivity contribution in [1.29, 1.82) is 0 Å². The molecule has 83 heavy (non-hydrogen) atoms. The summed E-state index contributed by atoms with van der Waals surface area (Å²) in [7, 11) is 0. The van der Waals surface area contributed by atoms with Crippen LogP contribution in [-0.2, 0) is 21.0 Å². The number of aromatic hydroxyl groups is 2. The van der Waals surface area contributed by atoms with Crippen molar-refractivity contribution >= 4 is 68.7 Å². The number of carbonyl (C=O) groups excluding carboxylic acids is 2. The number of hydrogen-bond acceptors (Lipinski definition) is 11. The molecule has 1 saturated carbocycles. The number of H-pyrrole nitrogens is 1. The zero-order valence-corrected chi connectivity index (χ0v) is 46.7. The van der Waals surface area contributed by atoms with E-state index in [0.29, 0.717) is 68.4 Å². The van der Waals surface area contributed by atoms with E-state index in [-0.39, 0.29) is 61.9 Å². The van der Waals surface area contributed by atoms with E-state index in [1.807, 2.05) is 66.7 Å². The third kappa shape index (κ3) is 12.6. The van der Waals surface area contributed by atoms with Crippen molar-refractivity contribution in [3.05, 3.63) is 200 Å². The maximum atomic E-state index is 13.3. The van der Waals surface area contributed by atoms with E-state index >= 15 is 0 Å². The summed E-state index contributed by atoms with van der Waals surface area (Å²) in [4.78, 5) is 73.1. The van der Waals surface area contributed by atoms with Crippen LogP contribution in [0.25, 0.3) is 44.3 Å². The average molecular weight is 1140 g/mol. The fourth-order valence-corrected chi connectivity index (χ4v) is 9.78. The van der Waals surface area contributed by atoms with Crippen LogP contribution in [0.4, 0.5) is 20.3 Å². The first-order chi connectivity index (χ1) is 39.1. The quantitative estimate of drug-likeness (QED) is 0.0711. The fraction of sp³-hybridized carbons (Fsp3) is 0.203. The molecule has 6 aromatic carbocycles. The number of para-hydroxylation sites is 1. The number of anilines is 2. The largest absolute Gasteiger partial charge is 0.586 e. The Balaban J connectivity index is 0.000000153. The predicted octanol–water partition coefficient (Wildman–Crippen LogP) is 13.8. The van der Waals surface area contributed by atoms with Crippen LogP contribution in [0.2, 0.25) is 5.02 Å². The van der Waals surface area contributed by atoms with E-state index < -0.39 is 29.6 Å². The number of halogens is 3. The second-order valence-electron chi connectivity index (χ2n) is 22.1. The number of ether oxygens (including phenoxy) is 2. The number of benzene rings is 6. The van der Waals surface area contributed by atoms with E-state index in [1.54, 1.807) is 84.9 Å². The van der Waals surface area contributed by atoms with Crippen molar-refractivity contribution in [1.82, 2.24) is 15.0 Å². The Morgan fingerprint density at radius 1 is 0.699 bits per heavy atom. The Morgan fingerprint density at radius 3 is 2.08 bits per heavy atom. The summed E-state index contributed by atoms with van der Waals surface area (Å²) in [5.41, 5.74) is 6.03. The molecule has 3 aromatic heterocycles. The second-order valence-corrected chi connectivity index (χ2v) is 22.5. The van der Waals surface area contributed by atoms with E-state index in [1.165, 1.54) is 42.6 Å². The normalized spacial score (nSPS) is 13.7. The van der Waals surface area contributed by atoms with Gasteiger partial charge >= 0.3 is 18.2 Å². The number of aromatic amines is 1. The lowest BCUT2D eigenvalue weighted by molar-refractivity contribution is -0.286. The van der Waals surface area contributed by atoms with E-state index in [2.05, 4.69) is 35.1 Å². The molecule has 16 nitrogen and oxygen atoms in total. The number of nitrogens with one attached hydrogen (secondary N) is 3. The Bertz CT molecular complexity index is 4150. The van der Waals surface area contributed by atoms with Crippen LogP contribution < -0.4 is 25.5 Å². The Kier molecular flexibility index (Phi) is 15.6. The molecule has 19 heteroatoms. The van der Waals surface area contributed by atoms with Crippen LogP contribution in [0.3, 0.4) is 0 Å². The molecule has 0 atom stereocenters. The number of carboxylic acids is 2. The molecule has 7 N–H and O–H groups in total. The van der Waals surface area contributed by atoms with Gasteiger partial charge in [-0.3, -0.25) is 14.4 Å². The Labute approximate surface area is 479 Å². The number of carboxylic acid groups (broad SMARTS) is 2. The van der Waals surface area contributed by atoms with Crippen molar-refractivity contribution < 1.29 is 57.9 Å². The molecule has 11 rings (SSSR count). The lowest BCUT2D eigenvalue weighted by Crippen LogP contribution is -2.28. The summed E-state index contributed by atoms with van der Waals surface area (Å²) in [6.07, 6.45) is -1.19. The van der Waals surface area contributed by atoms with Gasteiger partial charge in [0.05, 0.1) is 38.5 Å². The number of nitrogens with zero attached hydrogens (tertiary/aromatic N) is 2. The van der Waals surface area contributed by atoms with Gasteiger partial charge in [-0.2, -0.15) is 0 Å². The lowest BCUT2D eigenvalue weighted by atomic mass is 9.79. The number of hydrogen-bond donors (Lipinski definition) is 7. The number of carbonyl (C=O) groups is 4. The fourth-order valence-electron chi connectivity index (χ4n) is 9.50. The molecule has 1 aliphatic heterocycles. The minimum Gasteiger partial charge on any atom is -0.508 e. The van der Waals surface area contributed by atoms with Crippen LogP contribution in [0, 0.1) is 6.92 Å². The van der Waals surface area contributed by atoms with Crippen molar-refractivity contribution in [3.8, 4) is 45.5 Å². The highest BCUT2D eigenvalue weighted by Gasteiger charge is 2.53. The van der Waals surface area contributed by atoms with Crippen molar-refractivity contribution in [2.45, 2.75) is 83.8 Å². The molecular weight excluding hydrogens is 1090 g/mol. The van der Waals surface area contributed by atoms with Gasteiger partial charge in [-0.15, -0.1) is 8.78 Å². The summed E-state index contributed by atoms with van der Waals surface area (Å²) in [6, 6.07) is 37.9. The number of rotatable bonds is 9. The van der Waals surface area contributed by atoms with E-state index in [0.717, 1.165) is 27.6 Å². The van der Waals surface area contributed by atoms with Gasteiger partial charge in [0, 0.05) is 45.4 Å². The maximum absolute atomic E-state index is 13.3. The number of phenols is 2. The maximum Gasteiger partial charge on any atom is 0.586 e. The summed E-state index contributed by atoms with van der Waals surface area (Å²) < 4.78 is 35.6. The molecule has 1 aliphatic carbocycles. The van der Waals surface area contributed by atoms with E-state index in [9.17, 15) is 48.1 Å². The third-order valence-electron chi connectivity index (χ3n) is 14.1. The topological polar surface area (TPSA) is 250 Å².